The van der Waals surface area contributed by atoms with Crippen LogP contribution in [0.1, 0.15) is 19.3 Å². The predicted molar refractivity (Wildman–Crippen MR) is 51.9 cm³/mol. The fourth-order valence-corrected chi connectivity index (χ4v) is 1.90. The van der Waals surface area contributed by atoms with Crippen LogP contribution in [-0.2, 0) is 0 Å². The van der Waals surface area contributed by atoms with Gasteiger partial charge in [0.1, 0.15) is 0 Å². The quantitative estimate of drug-likeness (QED) is 0.439. The van der Waals surface area contributed by atoms with Gasteiger partial charge in [0.05, 0.1) is 5.37 Å². The molecule has 0 amide bonds. The first kappa shape index (κ1) is 8.75. The molecule has 3 heteroatoms. The van der Waals surface area contributed by atoms with Gasteiger partial charge in [-0.3, -0.25) is 0 Å². The van der Waals surface area contributed by atoms with Crippen LogP contribution in [0.25, 0.3) is 0 Å². The van der Waals surface area contributed by atoms with Gasteiger partial charge in [-0.25, -0.2) is 0 Å². The van der Waals surface area contributed by atoms with E-state index in [9.17, 15) is 0 Å². The summed E-state index contributed by atoms with van der Waals surface area (Å²) in [6.45, 7) is 0. The van der Waals surface area contributed by atoms with Gasteiger partial charge in [-0.2, -0.15) is 25.3 Å². The van der Waals surface area contributed by atoms with Gasteiger partial charge in [0.25, 0.3) is 0 Å². The molecule has 0 bridgehead atoms. The van der Waals surface area contributed by atoms with E-state index in [2.05, 4.69) is 30.6 Å². The fourth-order valence-electron chi connectivity index (χ4n) is 1.21. The second-order valence-electron chi connectivity index (χ2n) is 2.92. The third kappa shape index (κ3) is 1.83. The number of thiol groups is 2. The van der Waals surface area contributed by atoms with Crippen LogP contribution in [0.3, 0.4) is 0 Å². The molecule has 0 radical (unpaired) electrons. The van der Waals surface area contributed by atoms with Crippen LogP contribution in [0.2, 0.25) is 0 Å². The highest BCUT2D eigenvalue weighted by Crippen LogP contribution is 2.34. The average molecular weight is 177 g/mol. The molecule has 0 aliphatic heterocycles. The summed E-state index contributed by atoms with van der Waals surface area (Å²) in [4.78, 5) is 0. The maximum absolute atomic E-state index is 4.49. The lowest BCUT2D eigenvalue weighted by atomic mass is 9.82. The molecule has 0 aromatic carbocycles. The highest BCUT2D eigenvalue weighted by molar-refractivity contribution is 7.85. The first-order valence-electron chi connectivity index (χ1n) is 3.79. The average Bonchev–Trinajstić information content (AvgIpc) is 1.82. The third-order valence-electron chi connectivity index (χ3n) is 2.25. The van der Waals surface area contributed by atoms with Crippen LogP contribution in [0.4, 0.5) is 0 Å². The van der Waals surface area contributed by atoms with Crippen molar-refractivity contribution in [3.05, 3.63) is 0 Å². The normalized spacial score (nSPS) is 25.5. The van der Waals surface area contributed by atoms with Crippen LogP contribution in [-0.4, -0.2) is 17.7 Å². The molecule has 1 rings (SSSR count). The van der Waals surface area contributed by atoms with E-state index < -0.39 is 0 Å². The Morgan fingerprint density at radius 3 is 2.30 bits per heavy atom. The monoisotopic (exact) mass is 177 g/mol. The molecule has 60 valence electrons. The summed E-state index contributed by atoms with van der Waals surface area (Å²) in [5, 5.41) is 3.79. The second-order valence-corrected chi connectivity index (χ2v) is 4.07. The Kier molecular flexibility index (Phi) is 3.40. The van der Waals surface area contributed by atoms with E-state index >= 15 is 0 Å². The van der Waals surface area contributed by atoms with Crippen LogP contribution in [0, 0.1) is 5.92 Å². The summed E-state index contributed by atoms with van der Waals surface area (Å²) in [5.74, 6) is 0.804. The lowest BCUT2D eigenvalue weighted by molar-refractivity contribution is 0.299. The van der Waals surface area contributed by atoms with Crippen LogP contribution < -0.4 is 5.32 Å². The van der Waals surface area contributed by atoms with Crippen molar-refractivity contribution < 1.29 is 0 Å². The molecule has 0 spiro atoms. The van der Waals surface area contributed by atoms with Crippen molar-refractivity contribution in [3.8, 4) is 0 Å². The van der Waals surface area contributed by atoms with Crippen molar-refractivity contribution in [2.45, 2.75) is 29.9 Å². The lowest BCUT2D eigenvalue weighted by Crippen LogP contribution is -2.37. The SMILES string of the molecule is CNC(S)C(S)C1CCC1. The molecule has 1 aliphatic carbocycles. The smallest absolute Gasteiger partial charge is 0.0620 e. The molecule has 10 heavy (non-hydrogen) atoms. The standard InChI is InChI=1S/C7H15NS2/c1-8-7(10)6(9)5-3-2-4-5/h5-10H,2-4H2,1H3. The Labute approximate surface area is 73.8 Å². The summed E-state index contributed by atoms with van der Waals surface area (Å²) in [6.07, 6.45) is 4.06. The largest absolute Gasteiger partial charge is 0.308 e. The summed E-state index contributed by atoms with van der Waals surface area (Å²) in [7, 11) is 1.93. The van der Waals surface area contributed by atoms with Crippen LogP contribution >= 0.6 is 25.3 Å². The Morgan fingerprint density at radius 1 is 1.40 bits per heavy atom. The fraction of sp³-hybridized carbons (Fsp3) is 1.00. The van der Waals surface area contributed by atoms with Gasteiger partial charge in [0, 0.05) is 5.25 Å². The number of nitrogens with one attached hydrogen (secondary N) is 1. The van der Waals surface area contributed by atoms with E-state index in [-0.39, 0.29) is 5.37 Å². The molecular weight excluding hydrogens is 162 g/mol. The zero-order valence-corrected chi connectivity index (χ0v) is 8.04. The van der Waals surface area contributed by atoms with Gasteiger partial charge >= 0.3 is 0 Å². The van der Waals surface area contributed by atoms with Gasteiger partial charge in [-0.1, -0.05) is 6.42 Å². The molecule has 1 nitrogen and oxygen atoms in total. The summed E-state index contributed by atoms with van der Waals surface area (Å²) < 4.78 is 0. The van der Waals surface area contributed by atoms with E-state index in [4.69, 9.17) is 0 Å². The Bertz CT molecular complexity index is 99.0. The molecule has 1 aliphatic rings. The molecule has 0 aromatic rings. The van der Waals surface area contributed by atoms with Gasteiger partial charge in [0.2, 0.25) is 0 Å². The Hall–Kier alpha value is 0.660. The molecule has 1 saturated carbocycles. The van der Waals surface area contributed by atoms with E-state index in [0.29, 0.717) is 5.25 Å². The minimum absolute atomic E-state index is 0.258. The minimum Gasteiger partial charge on any atom is -0.308 e. The topological polar surface area (TPSA) is 12.0 Å². The Balaban J connectivity index is 2.24. The first-order chi connectivity index (χ1) is 4.75. The van der Waals surface area contributed by atoms with Crippen LogP contribution in [0.5, 0.6) is 0 Å². The number of hydrogen-bond donors (Lipinski definition) is 3. The van der Waals surface area contributed by atoms with Crippen molar-refractivity contribution in [1.29, 1.82) is 0 Å². The van der Waals surface area contributed by atoms with Crippen LogP contribution in [0.15, 0.2) is 0 Å². The number of hydrogen-bond acceptors (Lipinski definition) is 3. The zero-order valence-electron chi connectivity index (χ0n) is 6.25. The maximum atomic E-state index is 4.49. The molecule has 2 unspecified atom stereocenters. The molecule has 1 fully saturated rings. The van der Waals surface area contributed by atoms with Gasteiger partial charge in [0.15, 0.2) is 0 Å². The van der Waals surface area contributed by atoms with Crippen molar-refractivity contribution in [2.24, 2.45) is 5.92 Å². The lowest BCUT2D eigenvalue weighted by Gasteiger charge is -2.33. The van der Waals surface area contributed by atoms with E-state index in [0.717, 1.165) is 5.92 Å². The van der Waals surface area contributed by atoms with E-state index in [1.807, 2.05) is 7.05 Å². The van der Waals surface area contributed by atoms with E-state index in [1.54, 1.807) is 0 Å². The third-order valence-corrected chi connectivity index (χ3v) is 3.79. The zero-order chi connectivity index (χ0) is 7.56. The first-order valence-corrected chi connectivity index (χ1v) is 4.82. The highest BCUT2D eigenvalue weighted by Gasteiger charge is 2.28. The second kappa shape index (κ2) is 3.88. The van der Waals surface area contributed by atoms with Gasteiger partial charge < -0.3 is 5.32 Å². The maximum Gasteiger partial charge on any atom is 0.0620 e. The molecule has 2 atom stereocenters. The molecular formula is C7H15NS2. The number of rotatable bonds is 3. The van der Waals surface area contributed by atoms with Crippen molar-refractivity contribution in [3.63, 3.8) is 0 Å². The van der Waals surface area contributed by atoms with E-state index in [1.165, 1.54) is 19.3 Å². The van der Waals surface area contributed by atoms with Crippen molar-refractivity contribution in [1.82, 2.24) is 5.32 Å². The highest BCUT2D eigenvalue weighted by atomic mass is 32.1. The summed E-state index contributed by atoms with van der Waals surface area (Å²) in [6, 6.07) is 0. The van der Waals surface area contributed by atoms with Gasteiger partial charge in [-0.05, 0) is 25.8 Å². The van der Waals surface area contributed by atoms with Crippen molar-refractivity contribution in [2.75, 3.05) is 7.05 Å². The predicted octanol–water partition coefficient (Wildman–Crippen LogP) is 1.56. The molecule has 1 N–H and O–H groups in total. The molecule has 0 saturated heterocycles. The van der Waals surface area contributed by atoms with Gasteiger partial charge in [-0.15, -0.1) is 0 Å². The molecule has 0 aromatic heterocycles. The minimum atomic E-state index is 0.258. The Morgan fingerprint density at radius 2 is 2.00 bits per heavy atom. The summed E-state index contributed by atoms with van der Waals surface area (Å²) in [5.41, 5.74) is 0. The van der Waals surface area contributed by atoms with Crippen molar-refractivity contribution >= 4 is 25.3 Å². The molecule has 0 heterocycles. The summed E-state index contributed by atoms with van der Waals surface area (Å²) >= 11 is 8.86.